The van der Waals surface area contributed by atoms with Crippen molar-refractivity contribution in [3.05, 3.63) is 42.5 Å². The third-order valence-corrected chi connectivity index (χ3v) is 9.43. The van der Waals surface area contributed by atoms with E-state index in [-0.39, 0.29) is 16.4 Å². The van der Waals surface area contributed by atoms with Crippen LogP contribution >= 0.6 is 11.8 Å². The zero-order chi connectivity index (χ0) is 25.9. The van der Waals surface area contributed by atoms with Crippen LogP contribution < -0.4 is 9.64 Å². The van der Waals surface area contributed by atoms with E-state index in [1.54, 1.807) is 6.07 Å². The number of benzene rings is 2. The third kappa shape index (κ3) is 5.94. The number of hydrogen-bond donors (Lipinski definition) is 1. The number of sulfone groups is 1. The van der Waals surface area contributed by atoms with Crippen LogP contribution in [0.2, 0.25) is 0 Å². The van der Waals surface area contributed by atoms with Crippen molar-refractivity contribution in [3.63, 3.8) is 0 Å². The van der Waals surface area contributed by atoms with Gasteiger partial charge < -0.3 is 14.7 Å². The molecule has 192 valence electrons. The summed E-state index contributed by atoms with van der Waals surface area (Å²) in [5.41, 5.74) is -1.59. The number of carboxylic acids is 1. The molecule has 1 aliphatic heterocycles. The van der Waals surface area contributed by atoms with Gasteiger partial charge in [-0.05, 0) is 44.2 Å². The molecule has 0 radical (unpaired) electrons. The minimum Gasteiger partial charge on any atom is -0.488 e. The molecule has 0 saturated heterocycles. The second kappa shape index (κ2) is 10.8. The van der Waals surface area contributed by atoms with E-state index in [4.69, 9.17) is 9.84 Å². The van der Waals surface area contributed by atoms with Crippen LogP contribution in [-0.4, -0.2) is 50.3 Å². The van der Waals surface area contributed by atoms with E-state index in [9.17, 15) is 17.6 Å². The van der Waals surface area contributed by atoms with Crippen molar-refractivity contribution in [2.24, 2.45) is 5.41 Å². The molecule has 0 spiro atoms. The van der Waals surface area contributed by atoms with E-state index < -0.39 is 33.5 Å². The van der Waals surface area contributed by atoms with E-state index in [1.807, 2.05) is 43.5 Å². The summed E-state index contributed by atoms with van der Waals surface area (Å²) < 4.78 is 47.6. The molecule has 0 saturated carbocycles. The first-order valence-corrected chi connectivity index (χ1v) is 14.7. The lowest BCUT2D eigenvalue weighted by Crippen LogP contribution is -2.37. The Bertz CT molecular complexity index is 1150. The standard InChI is InChI=1S/C26H34FNO5S2/c1-5-7-13-26(6-2)16-28(19-11-9-8-10-12-19)20-14-22(34-4)21(15-23(20)35(31,32)18-26)33-17-25(3,27)24(29)30/h8-12,14-15H,5-7,13,16-18H2,1-4H3,(H,29,30)/t25?,26-/m1/s1. The molecule has 1 N–H and O–H groups in total. The van der Waals surface area contributed by atoms with Gasteiger partial charge in [-0.1, -0.05) is 44.9 Å². The average molecular weight is 524 g/mol. The molecule has 9 heteroatoms. The summed E-state index contributed by atoms with van der Waals surface area (Å²) in [4.78, 5) is 14.0. The maximum atomic E-state index is 14.4. The Labute approximate surface area is 211 Å². The average Bonchev–Trinajstić information content (AvgIpc) is 2.93. The summed E-state index contributed by atoms with van der Waals surface area (Å²) in [6.07, 6.45) is 5.21. The molecule has 0 aliphatic carbocycles. The highest BCUT2D eigenvalue weighted by molar-refractivity contribution is 7.98. The predicted octanol–water partition coefficient (Wildman–Crippen LogP) is 6.11. The van der Waals surface area contributed by atoms with E-state index in [1.165, 1.54) is 17.8 Å². The van der Waals surface area contributed by atoms with Gasteiger partial charge in [-0.3, -0.25) is 0 Å². The van der Waals surface area contributed by atoms with Gasteiger partial charge in [0.05, 0.1) is 21.2 Å². The van der Waals surface area contributed by atoms with Gasteiger partial charge in [-0.25, -0.2) is 17.6 Å². The number of rotatable bonds is 10. The monoisotopic (exact) mass is 523 g/mol. The Morgan fingerprint density at radius 3 is 2.51 bits per heavy atom. The number of thioether (sulfide) groups is 1. The topological polar surface area (TPSA) is 83.9 Å². The second-order valence-corrected chi connectivity index (χ2v) is 12.2. The van der Waals surface area contributed by atoms with Crippen LogP contribution in [0.15, 0.2) is 52.3 Å². The molecular weight excluding hydrogens is 489 g/mol. The minimum absolute atomic E-state index is 0.000834. The third-order valence-electron chi connectivity index (χ3n) is 6.68. The molecule has 1 aliphatic rings. The van der Waals surface area contributed by atoms with Crippen molar-refractivity contribution in [2.45, 2.75) is 61.9 Å². The van der Waals surface area contributed by atoms with Gasteiger partial charge in [-0.2, -0.15) is 0 Å². The number of hydrogen-bond acceptors (Lipinski definition) is 6. The normalized spacial score (nSPS) is 21.0. The molecule has 2 aromatic rings. The molecule has 2 atom stereocenters. The zero-order valence-corrected chi connectivity index (χ0v) is 22.3. The van der Waals surface area contributed by atoms with Crippen molar-refractivity contribution in [3.8, 4) is 5.75 Å². The van der Waals surface area contributed by atoms with Crippen LogP contribution in [0, 0.1) is 5.41 Å². The molecule has 0 amide bonds. The number of aliphatic carboxylic acids is 1. The summed E-state index contributed by atoms with van der Waals surface area (Å²) in [7, 11) is -3.73. The summed E-state index contributed by atoms with van der Waals surface area (Å²) in [5, 5.41) is 9.11. The minimum atomic E-state index is -3.73. The lowest BCUT2D eigenvalue weighted by molar-refractivity contribution is -0.151. The van der Waals surface area contributed by atoms with Crippen LogP contribution in [0.1, 0.15) is 46.5 Å². The van der Waals surface area contributed by atoms with Gasteiger partial charge in [0.1, 0.15) is 12.4 Å². The largest absolute Gasteiger partial charge is 0.488 e. The number of fused-ring (bicyclic) bond motifs is 1. The van der Waals surface area contributed by atoms with Gasteiger partial charge >= 0.3 is 5.97 Å². The smallest absolute Gasteiger partial charge is 0.344 e. The van der Waals surface area contributed by atoms with Gasteiger partial charge in [-0.15, -0.1) is 11.8 Å². The van der Waals surface area contributed by atoms with E-state index in [0.717, 1.165) is 31.9 Å². The molecule has 6 nitrogen and oxygen atoms in total. The summed E-state index contributed by atoms with van der Waals surface area (Å²) in [5.74, 6) is -1.47. The van der Waals surface area contributed by atoms with Gasteiger partial charge in [0.25, 0.3) is 0 Å². The molecule has 3 rings (SSSR count). The molecular formula is C26H34FNO5S2. The van der Waals surface area contributed by atoms with Crippen molar-refractivity contribution >= 4 is 38.9 Å². The molecule has 0 aromatic heterocycles. The lowest BCUT2D eigenvalue weighted by atomic mass is 9.81. The second-order valence-electron chi connectivity index (χ2n) is 9.40. The Balaban J connectivity index is 2.19. The number of para-hydroxylation sites is 1. The Hall–Kier alpha value is -2.26. The molecule has 1 heterocycles. The first-order valence-electron chi connectivity index (χ1n) is 11.8. The number of ether oxygens (including phenoxy) is 1. The number of nitrogens with zero attached hydrogens (tertiary/aromatic N) is 1. The van der Waals surface area contributed by atoms with Crippen molar-refractivity contribution in [2.75, 3.05) is 30.1 Å². The fourth-order valence-electron chi connectivity index (χ4n) is 4.42. The molecule has 1 unspecified atom stereocenters. The quantitative estimate of drug-likeness (QED) is 0.376. The Morgan fingerprint density at radius 1 is 1.26 bits per heavy atom. The van der Waals surface area contributed by atoms with E-state index >= 15 is 0 Å². The molecule has 2 aromatic carbocycles. The maximum absolute atomic E-state index is 14.4. The van der Waals surface area contributed by atoms with Crippen LogP contribution in [0.5, 0.6) is 5.75 Å². The zero-order valence-electron chi connectivity index (χ0n) is 20.7. The number of carbonyl (C=O) groups is 1. The van der Waals surface area contributed by atoms with Crippen molar-refractivity contribution in [1.29, 1.82) is 0 Å². The van der Waals surface area contributed by atoms with Gasteiger partial charge in [0.2, 0.25) is 5.67 Å². The number of anilines is 2. The van der Waals surface area contributed by atoms with Crippen molar-refractivity contribution < 1.29 is 27.4 Å². The van der Waals surface area contributed by atoms with Crippen LogP contribution in [0.3, 0.4) is 0 Å². The molecule has 35 heavy (non-hydrogen) atoms. The molecule has 0 bridgehead atoms. The molecule has 0 fully saturated rings. The van der Waals surface area contributed by atoms with Gasteiger partial charge in [0.15, 0.2) is 9.84 Å². The fourth-order valence-corrected chi connectivity index (χ4v) is 7.14. The summed E-state index contributed by atoms with van der Waals surface area (Å²) >= 11 is 1.33. The van der Waals surface area contributed by atoms with Crippen LogP contribution in [0.25, 0.3) is 0 Å². The SMILES string of the molecule is CCCC[C@]1(CC)CN(c2ccccc2)c2cc(SC)c(OCC(C)(F)C(=O)O)cc2S(=O)(=O)C1. The fraction of sp³-hybridized carbons (Fsp3) is 0.500. The number of alkyl halides is 1. The van der Waals surface area contributed by atoms with Gasteiger partial charge in [0, 0.05) is 23.7 Å². The number of carboxylic acid groups (broad SMARTS) is 1. The lowest BCUT2D eigenvalue weighted by Gasteiger charge is -2.36. The highest BCUT2D eigenvalue weighted by atomic mass is 32.2. The summed E-state index contributed by atoms with van der Waals surface area (Å²) in [6.45, 7) is 4.89. The number of unbranched alkanes of at least 4 members (excludes halogenated alkanes) is 1. The van der Waals surface area contributed by atoms with Crippen LogP contribution in [-0.2, 0) is 14.6 Å². The highest BCUT2D eigenvalue weighted by Crippen LogP contribution is 2.47. The summed E-state index contributed by atoms with van der Waals surface area (Å²) in [6, 6.07) is 12.9. The number of halogens is 1. The first-order chi connectivity index (χ1) is 16.5. The van der Waals surface area contributed by atoms with E-state index in [2.05, 4.69) is 11.8 Å². The Morgan fingerprint density at radius 2 is 1.94 bits per heavy atom. The van der Waals surface area contributed by atoms with Crippen molar-refractivity contribution in [1.82, 2.24) is 0 Å². The first kappa shape index (κ1) is 27.3. The van der Waals surface area contributed by atoms with E-state index in [0.29, 0.717) is 23.5 Å². The maximum Gasteiger partial charge on any atom is 0.344 e. The van der Waals surface area contributed by atoms with Crippen LogP contribution in [0.4, 0.5) is 15.8 Å². The Kier molecular flexibility index (Phi) is 8.42. The highest BCUT2D eigenvalue weighted by Gasteiger charge is 2.42. The predicted molar refractivity (Wildman–Crippen MR) is 139 cm³/mol.